The van der Waals surface area contributed by atoms with Gasteiger partial charge in [0, 0.05) is 12.8 Å². The largest absolute Gasteiger partial charge is 0.481 e. The first-order valence-electron chi connectivity index (χ1n) is 6.25. The lowest BCUT2D eigenvalue weighted by molar-refractivity contribution is -0.146. The Morgan fingerprint density at radius 3 is 2.11 bits per heavy atom. The molecule has 7 heteroatoms. The molecule has 0 amide bonds. The summed E-state index contributed by atoms with van der Waals surface area (Å²) in [4.78, 5) is 21.4. The third-order valence-electron chi connectivity index (χ3n) is 2.11. The monoisotopic (exact) mass is 280 g/mol. The molecule has 0 aliphatic heterocycles. The summed E-state index contributed by atoms with van der Waals surface area (Å²) in [5, 5.41) is 8.39. The maximum absolute atomic E-state index is 11.6. The van der Waals surface area contributed by atoms with E-state index >= 15 is 0 Å². The summed E-state index contributed by atoms with van der Waals surface area (Å²) >= 11 is 0. The van der Waals surface area contributed by atoms with Gasteiger partial charge in [-0.05, 0) is 12.8 Å². The molecular weight excluding hydrogens is 259 g/mol. The van der Waals surface area contributed by atoms with E-state index in [1.54, 1.807) is 0 Å². The summed E-state index contributed by atoms with van der Waals surface area (Å²) in [6, 6.07) is 0. The summed E-state index contributed by atoms with van der Waals surface area (Å²) in [5.41, 5.74) is 0. The fraction of sp³-hybridized carbons (Fsp3) is 0.833. The van der Waals surface area contributed by atoms with Crippen molar-refractivity contribution in [2.45, 2.75) is 25.7 Å². The molecule has 0 aromatic carbocycles. The third kappa shape index (κ3) is 14.7. The topological polar surface area (TPSA) is 82.1 Å². The van der Waals surface area contributed by atoms with Crippen LogP contribution in [0.1, 0.15) is 25.7 Å². The number of alkyl halides is 1. The highest BCUT2D eigenvalue weighted by molar-refractivity contribution is 5.69. The lowest BCUT2D eigenvalue weighted by Gasteiger charge is -2.06. The summed E-state index contributed by atoms with van der Waals surface area (Å²) in [7, 11) is 0. The van der Waals surface area contributed by atoms with Gasteiger partial charge in [0.2, 0.25) is 0 Å². The van der Waals surface area contributed by atoms with Gasteiger partial charge in [0.15, 0.2) is 0 Å². The minimum Gasteiger partial charge on any atom is -0.481 e. The molecule has 0 fully saturated rings. The van der Waals surface area contributed by atoms with Crippen molar-refractivity contribution in [2.24, 2.45) is 0 Å². The van der Waals surface area contributed by atoms with Crippen LogP contribution in [0.3, 0.4) is 0 Å². The van der Waals surface area contributed by atoms with E-state index in [0.717, 1.165) is 0 Å². The van der Waals surface area contributed by atoms with Crippen LogP contribution in [0.4, 0.5) is 4.39 Å². The number of rotatable bonds is 13. The fourth-order valence-electron chi connectivity index (χ4n) is 1.21. The number of carboxylic acids is 1. The molecule has 0 bridgehead atoms. The van der Waals surface area contributed by atoms with E-state index in [9.17, 15) is 14.0 Å². The standard InChI is InChI=1S/C12H21FO6/c13-5-6-17-7-8-18-9-10-19-12(16)4-2-1-3-11(14)15/h1-10H2,(H,14,15). The lowest BCUT2D eigenvalue weighted by Crippen LogP contribution is -2.13. The van der Waals surface area contributed by atoms with Crippen molar-refractivity contribution in [3.8, 4) is 0 Å². The smallest absolute Gasteiger partial charge is 0.305 e. The zero-order chi connectivity index (χ0) is 14.3. The maximum atomic E-state index is 11.6. The Labute approximate surface area is 111 Å². The lowest BCUT2D eigenvalue weighted by atomic mass is 10.2. The summed E-state index contributed by atoms with van der Waals surface area (Å²) < 4.78 is 26.4. The van der Waals surface area contributed by atoms with E-state index in [0.29, 0.717) is 26.1 Å². The van der Waals surface area contributed by atoms with Crippen LogP contribution in [0.2, 0.25) is 0 Å². The minimum absolute atomic E-state index is 0.0642. The molecular formula is C12H21FO6. The number of halogens is 1. The van der Waals surface area contributed by atoms with Crippen molar-refractivity contribution in [1.82, 2.24) is 0 Å². The Bertz CT molecular complexity index is 246. The molecule has 0 atom stereocenters. The summed E-state index contributed by atoms with van der Waals surface area (Å²) in [5.74, 6) is -1.22. The zero-order valence-corrected chi connectivity index (χ0v) is 10.9. The van der Waals surface area contributed by atoms with E-state index < -0.39 is 12.6 Å². The average Bonchev–Trinajstić information content (AvgIpc) is 2.37. The maximum Gasteiger partial charge on any atom is 0.305 e. The van der Waals surface area contributed by atoms with Crippen molar-refractivity contribution in [2.75, 3.05) is 39.7 Å². The molecule has 0 aliphatic carbocycles. The fourth-order valence-corrected chi connectivity index (χ4v) is 1.21. The second kappa shape index (κ2) is 13.2. The van der Waals surface area contributed by atoms with Gasteiger partial charge < -0.3 is 19.3 Å². The number of aliphatic carboxylic acids is 1. The Morgan fingerprint density at radius 2 is 1.47 bits per heavy atom. The van der Waals surface area contributed by atoms with Crippen molar-refractivity contribution in [3.05, 3.63) is 0 Å². The first kappa shape index (κ1) is 17.8. The van der Waals surface area contributed by atoms with Crippen LogP contribution in [0.5, 0.6) is 0 Å². The molecule has 0 aromatic heterocycles. The molecule has 0 spiro atoms. The number of carbonyl (C=O) groups excluding carboxylic acids is 1. The van der Waals surface area contributed by atoms with Crippen LogP contribution in [0.15, 0.2) is 0 Å². The van der Waals surface area contributed by atoms with E-state index in [4.69, 9.17) is 19.3 Å². The van der Waals surface area contributed by atoms with Gasteiger partial charge in [-0.3, -0.25) is 9.59 Å². The second-order valence-corrected chi connectivity index (χ2v) is 3.74. The number of hydrogen-bond donors (Lipinski definition) is 1. The van der Waals surface area contributed by atoms with Gasteiger partial charge >= 0.3 is 11.9 Å². The average molecular weight is 280 g/mol. The number of hydrogen-bond acceptors (Lipinski definition) is 5. The molecule has 0 saturated carbocycles. The normalized spacial score (nSPS) is 10.4. The number of ether oxygens (including phenoxy) is 3. The molecule has 0 unspecified atom stereocenters. The van der Waals surface area contributed by atoms with Crippen LogP contribution in [-0.4, -0.2) is 56.8 Å². The molecule has 6 nitrogen and oxygen atoms in total. The highest BCUT2D eigenvalue weighted by Crippen LogP contribution is 2.01. The quantitative estimate of drug-likeness (QED) is 0.403. The first-order chi connectivity index (χ1) is 9.16. The minimum atomic E-state index is -0.864. The molecule has 0 aliphatic rings. The molecule has 0 radical (unpaired) electrons. The highest BCUT2D eigenvalue weighted by Gasteiger charge is 2.03. The number of unbranched alkanes of at least 4 members (excludes halogenated alkanes) is 1. The SMILES string of the molecule is O=C(O)CCCCC(=O)OCCOCCOCCF. The van der Waals surface area contributed by atoms with Crippen molar-refractivity contribution < 1.29 is 33.3 Å². The Kier molecular flexibility index (Phi) is 12.4. The van der Waals surface area contributed by atoms with E-state index in [1.807, 2.05) is 0 Å². The number of carbonyl (C=O) groups is 2. The van der Waals surface area contributed by atoms with Crippen LogP contribution in [0, 0.1) is 0 Å². The Hall–Kier alpha value is -1.21. The molecule has 0 aromatic rings. The van der Waals surface area contributed by atoms with Crippen LogP contribution < -0.4 is 0 Å². The molecule has 0 saturated heterocycles. The van der Waals surface area contributed by atoms with E-state index in [1.165, 1.54) is 0 Å². The number of esters is 1. The van der Waals surface area contributed by atoms with Crippen molar-refractivity contribution in [1.29, 1.82) is 0 Å². The van der Waals surface area contributed by atoms with Crippen LogP contribution in [0.25, 0.3) is 0 Å². The summed E-state index contributed by atoms with van der Waals surface area (Å²) in [6.07, 6.45) is 1.25. The van der Waals surface area contributed by atoms with Crippen molar-refractivity contribution >= 4 is 11.9 Å². The summed E-state index contributed by atoms with van der Waals surface area (Å²) in [6.45, 7) is 0.609. The predicted molar refractivity (Wildman–Crippen MR) is 64.7 cm³/mol. The second-order valence-electron chi connectivity index (χ2n) is 3.74. The van der Waals surface area contributed by atoms with Gasteiger partial charge in [-0.2, -0.15) is 0 Å². The predicted octanol–water partition coefficient (Wildman–Crippen LogP) is 1.18. The zero-order valence-electron chi connectivity index (χ0n) is 10.9. The van der Waals surface area contributed by atoms with Gasteiger partial charge in [-0.1, -0.05) is 0 Å². The third-order valence-corrected chi connectivity index (χ3v) is 2.11. The molecule has 1 N–H and O–H groups in total. The van der Waals surface area contributed by atoms with E-state index in [2.05, 4.69) is 0 Å². The van der Waals surface area contributed by atoms with Gasteiger partial charge in [0.05, 0.1) is 26.4 Å². The Balaban J connectivity index is 3.18. The van der Waals surface area contributed by atoms with Crippen LogP contribution in [-0.2, 0) is 23.8 Å². The first-order valence-corrected chi connectivity index (χ1v) is 6.25. The van der Waals surface area contributed by atoms with Crippen LogP contribution >= 0.6 is 0 Å². The van der Waals surface area contributed by atoms with Gasteiger partial charge in [-0.15, -0.1) is 0 Å². The number of carboxylic acid groups (broad SMARTS) is 1. The molecule has 19 heavy (non-hydrogen) atoms. The molecule has 0 rings (SSSR count). The van der Waals surface area contributed by atoms with Gasteiger partial charge in [0.1, 0.15) is 13.3 Å². The van der Waals surface area contributed by atoms with Crippen molar-refractivity contribution in [3.63, 3.8) is 0 Å². The Morgan fingerprint density at radius 1 is 0.895 bits per heavy atom. The van der Waals surface area contributed by atoms with Gasteiger partial charge in [0.25, 0.3) is 0 Å². The molecule has 0 heterocycles. The molecule has 112 valence electrons. The highest BCUT2D eigenvalue weighted by atomic mass is 19.1. The van der Waals surface area contributed by atoms with E-state index in [-0.39, 0.29) is 38.6 Å². The van der Waals surface area contributed by atoms with Gasteiger partial charge in [-0.25, -0.2) is 4.39 Å².